The molecule has 4 rings (SSSR count). The summed E-state index contributed by atoms with van der Waals surface area (Å²) in [5, 5.41) is 8.39. The smallest absolute Gasteiger partial charge is 0.416 e. The van der Waals surface area contributed by atoms with Crippen molar-refractivity contribution < 1.29 is 36.3 Å². The maximum Gasteiger partial charge on any atom is 0.416 e. The number of benzene rings is 2. The number of anilines is 1. The topological polar surface area (TPSA) is 96.7 Å². The number of aromatic nitrogens is 1. The molecule has 38 heavy (non-hydrogen) atoms. The standard InChI is InChI=1S/C22H19F3N2O3S.C5H10O2/c1-15(28)26-10-8-17-13-16(4-6-20(17)26)3-2-12-31(29,30)27-11-9-18-14-19(22(23,24)25)5-7-21(18)27;1-3-4(2)5(6)7/h2-7,9,11,13-14H,8,10,12H2,1H3;4H,3H2,1-2H3,(H,6,7). The average Bonchev–Trinajstić information content (AvgIpc) is 3.47. The van der Waals surface area contributed by atoms with Crippen LogP contribution in [0.5, 0.6) is 0 Å². The quantitative estimate of drug-likeness (QED) is 0.432. The second-order valence-corrected chi connectivity index (χ2v) is 10.9. The van der Waals surface area contributed by atoms with Gasteiger partial charge in [-0.15, -0.1) is 0 Å². The summed E-state index contributed by atoms with van der Waals surface area (Å²) in [5.41, 5.74) is 2.08. The molecule has 1 aromatic heterocycles. The van der Waals surface area contributed by atoms with Crippen LogP contribution in [0.25, 0.3) is 17.0 Å². The van der Waals surface area contributed by atoms with Gasteiger partial charge >= 0.3 is 12.1 Å². The third-order valence-electron chi connectivity index (χ3n) is 6.31. The van der Waals surface area contributed by atoms with Gasteiger partial charge in [-0.25, -0.2) is 12.4 Å². The van der Waals surface area contributed by atoms with E-state index >= 15 is 0 Å². The first kappa shape index (κ1) is 29.0. The number of carboxylic acids is 1. The molecule has 0 saturated carbocycles. The molecule has 0 saturated heterocycles. The van der Waals surface area contributed by atoms with E-state index < -0.39 is 27.7 Å². The lowest BCUT2D eigenvalue weighted by Crippen LogP contribution is -2.25. The van der Waals surface area contributed by atoms with Gasteiger partial charge in [-0.1, -0.05) is 32.1 Å². The van der Waals surface area contributed by atoms with Crippen LogP contribution in [0.1, 0.15) is 43.9 Å². The van der Waals surface area contributed by atoms with Crippen LogP contribution in [-0.4, -0.2) is 41.7 Å². The summed E-state index contributed by atoms with van der Waals surface area (Å²) in [4.78, 5) is 23.3. The first-order chi connectivity index (χ1) is 17.7. The summed E-state index contributed by atoms with van der Waals surface area (Å²) >= 11 is 0. The molecule has 0 bridgehead atoms. The van der Waals surface area contributed by atoms with E-state index in [0.717, 1.165) is 45.8 Å². The number of alkyl halides is 3. The fraction of sp³-hybridized carbons (Fsp3) is 0.333. The molecular formula is C27H29F3N2O5S. The van der Waals surface area contributed by atoms with Gasteiger partial charge in [-0.3, -0.25) is 9.59 Å². The summed E-state index contributed by atoms with van der Waals surface area (Å²) < 4.78 is 65.1. The van der Waals surface area contributed by atoms with Crippen LogP contribution < -0.4 is 4.90 Å². The number of aliphatic carboxylic acids is 1. The molecule has 1 aliphatic rings. The Morgan fingerprint density at radius 2 is 1.84 bits per heavy atom. The minimum atomic E-state index is -4.49. The van der Waals surface area contributed by atoms with E-state index in [1.165, 1.54) is 31.3 Å². The van der Waals surface area contributed by atoms with Crippen LogP contribution in [0, 0.1) is 5.92 Å². The molecule has 1 N–H and O–H groups in total. The van der Waals surface area contributed by atoms with Gasteiger partial charge in [0.2, 0.25) is 15.9 Å². The van der Waals surface area contributed by atoms with E-state index in [4.69, 9.17) is 5.11 Å². The molecule has 1 aliphatic heterocycles. The van der Waals surface area contributed by atoms with Gasteiger partial charge in [0, 0.05) is 30.7 Å². The third kappa shape index (κ3) is 6.63. The van der Waals surface area contributed by atoms with Crippen LogP contribution in [0.15, 0.2) is 54.7 Å². The van der Waals surface area contributed by atoms with Gasteiger partial charge in [0.05, 0.1) is 22.8 Å². The monoisotopic (exact) mass is 550 g/mol. The van der Waals surface area contributed by atoms with Gasteiger partial charge in [0.15, 0.2) is 0 Å². The summed E-state index contributed by atoms with van der Waals surface area (Å²) in [6.45, 7) is 5.70. The minimum absolute atomic E-state index is 0.0190. The Balaban J connectivity index is 0.000000505. The number of carboxylic acid groups (broad SMARTS) is 1. The Morgan fingerprint density at radius 3 is 2.42 bits per heavy atom. The molecule has 2 aromatic carbocycles. The van der Waals surface area contributed by atoms with Crippen molar-refractivity contribution in [1.82, 2.24) is 3.97 Å². The molecule has 3 aromatic rings. The molecule has 2 heterocycles. The third-order valence-corrected chi connectivity index (χ3v) is 7.84. The first-order valence-corrected chi connectivity index (χ1v) is 13.6. The summed E-state index contributed by atoms with van der Waals surface area (Å²) in [5.74, 6) is -1.22. The zero-order valence-corrected chi connectivity index (χ0v) is 22.0. The predicted octanol–water partition coefficient (Wildman–Crippen LogP) is 5.58. The molecule has 7 nitrogen and oxygen atoms in total. The number of carbonyl (C=O) groups excluding carboxylic acids is 1. The molecule has 0 radical (unpaired) electrons. The van der Waals surface area contributed by atoms with Gasteiger partial charge < -0.3 is 10.0 Å². The van der Waals surface area contributed by atoms with Crippen molar-refractivity contribution in [1.29, 1.82) is 0 Å². The van der Waals surface area contributed by atoms with Crippen molar-refractivity contribution in [3.8, 4) is 0 Å². The SMILES string of the molecule is CC(=O)N1CCc2cc(C=CCS(=O)(=O)n3ccc4cc(C(F)(F)F)ccc43)ccc21.CCC(C)C(=O)O. The van der Waals surface area contributed by atoms with E-state index in [0.29, 0.717) is 6.54 Å². The number of hydrogen-bond acceptors (Lipinski definition) is 4. The second kappa shape index (κ2) is 11.4. The predicted molar refractivity (Wildman–Crippen MR) is 140 cm³/mol. The van der Waals surface area contributed by atoms with Gasteiger partial charge in [-0.2, -0.15) is 13.2 Å². The lowest BCUT2D eigenvalue weighted by Gasteiger charge is -2.14. The zero-order chi connectivity index (χ0) is 28.3. The van der Waals surface area contributed by atoms with Crippen molar-refractivity contribution >= 4 is 44.6 Å². The van der Waals surface area contributed by atoms with Crippen LogP contribution in [-0.2, 0) is 32.2 Å². The van der Waals surface area contributed by atoms with Crippen LogP contribution in [0.4, 0.5) is 18.9 Å². The molecule has 0 aliphatic carbocycles. The Bertz CT molecular complexity index is 1480. The number of halogens is 3. The van der Waals surface area contributed by atoms with Crippen molar-refractivity contribution in [3.63, 3.8) is 0 Å². The van der Waals surface area contributed by atoms with Gasteiger partial charge in [-0.05, 0) is 60.4 Å². The Morgan fingerprint density at radius 1 is 1.13 bits per heavy atom. The van der Waals surface area contributed by atoms with E-state index in [2.05, 4.69) is 0 Å². The number of hydrogen-bond donors (Lipinski definition) is 1. The summed E-state index contributed by atoms with van der Waals surface area (Å²) in [6.07, 6.45) is 1.42. The molecular weight excluding hydrogens is 521 g/mol. The number of carbonyl (C=O) groups is 2. The van der Waals surface area contributed by atoms with E-state index in [9.17, 15) is 31.2 Å². The fourth-order valence-corrected chi connectivity index (χ4v) is 5.16. The van der Waals surface area contributed by atoms with Crippen LogP contribution in [0.2, 0.25) is 0 Å². The molecule has 11 heteroatoms. The first-order valence-electron chi connectivity index (χ1n) is 12.0. The highest BCUT2D eigenvalue weighted by molar-refractivity contribution is 7.90. The van der Waals surface area contributed by atoms with E-state index in [1.54, 1.807) is 17.9 Å². The maximum absolute atomic E-state index is 12.9. The van der Waals surface area contributed by atoms with Crippen molar-refractivity contribution in [2.45, 2.75) is 39.8 Å². The summed E-state index contributed by atoms with van der Waals surface area (Å²) in [6, 6.07) is 9.91. The number of fused-ring (bicyclic) bond motifs is 2. The highest BCUT2D eigenvalue weighted by Gasteiger charge is 2.31. The van der Waals surface area contributed by atoms with E-state index in [-0.39, 0.29) is 28.5 Å². The van der Waals surface area contributed by atoms with Crippen molar-refractivity contribution in [3.05, 3.63) is 71.4 Å². The number of nitrogens with zero attached hydrogens (tertiary/aromatic N) is 2. The van der Waals surface area contributed by atoms with Gasteiger partial charge in [0.25, 0.3) is 0 Å². The fourth-order valence-electron chi connectivity index (χ4n) is 3.95. The molecule has 1 atom stereocenters. The Labute approximate surface area is 219 Å². The lowest BCUT2D eigenvalue weighted by atomic mass is 10.1. The van der Waals surface area contributed by atoms with Gasteiger partial charge in [0.1, 0.15) is 0 Å². The van der Waals surface area contributed by atoms with Crippen molar-refractivity contribution in [2.75, 3.05) is 17.2 Å². The number of rotatable bonds is 6. The molecule has 1 unspecified atom stereocenters. The van der Waals surface area contributed by atoms with Crippen LogP contribution in [0.3, 0.4) is 0 Å². The normalized spacial score (nSPS) is 14.3. The molecule has 0 fully saturated rings. The van der Waals surface area contributed by atoms with E-state index in [1.807, 2.05) is 25.1 Å². The Kier molecular flexibility index (Phi) is 8.71. The second-order valence-electron chi connectivity index (χ2n) is 9.02. The number of amides is 1. The summed E-state index contributed by atoms with van der Waals surface area (Å²) in [7, 11) is -3.80. The van der Waals surface area contributed by atoms with Crippen molar-refractivity contribution in [2.24, 2.45) is 5.92 Å². The average molecular weight is 551 g/mol. The lowest BCUT2D eigenvalue weighted by molar-refractivity contribution is -0.141. The Hall–Kier alpha value is -3.60. The molecule has 0 spiro atoms. The maximum atomic E-state index is 12.9. The highest BCUT2D eigenvalue weighted by atomic mass is 32.2. The zero-order valence-electron chi connectivity index (χ0n) is 21.2. The van der Waals surface area contributed by atoms with Crippen LogP contribution >= 0.6 is 0 Å². The largest absolute Gasteiger partial charge is 0.481 e. The molecule has 204 valence electrons. The minimum Gasteiger partial charge on any atom is -0.481 e. The molecule has 1 amide bonds. The highest BCUT2D eigenvalue weighted by Crippen LogP contribution is 2.32.